The van der Waals surface area contributed by atoms with Crippen LogP contribution in [0.4, 0.5) is 11.4 Å². The maximum Gasteiger partial charge on any atom is 0.239 e. The Morgan fingerprint density at radius 2 is 1.84 bits per heavy atom. The maximum atomic E-state index is 12.5. The van der Waals surface area contributed by atoms with Gasteiger partial charge in [-0.2, -0.15) is 0 Å². The molecule has 1 fully saturated rings. The molecule has 2 aromatic rings. The first-order valence-electron chi connectivity index (χ1n) is 7.95. The maximum absolute atomic E-state index is 12.5. The molecule has 1 heterocycles. The number of aryl methyl sites for hydroxylation is 2. The Hall–Kier alpha value is -1.98. The number of nitrogens with zero attached hydrogens (tertiary/aromatic N) is 1. The first-order chi connectivity index (χ1) is 12.0. The fourth-order valence-corrected chi connectivity index (χ4v) is 4.21. The highest BCUT2D eigenvalue weighted by Crippen LogP contribution is 2.42. The molecule has 1 unspecified atom stereocenters. The minimum atomic E-state index is -0.239. The molecule has 1 atom stereocenters. The third-order valence-electron chi connectivity index (χ3n) is 3.95. The zero-order chi connectivity index (χ0) is 18.0. The Morgan fingerprint density at radius 3 is 2.44 bits per heavy atom. The predicted octanol–water partition coefficient (Wildman–Crippen LogP) is 4.26. The Bertz CT molecular complexity index is 787. The van der Waals surface area contributed by atoms with E-state index in [2.05, 4.69) is 11.4 Å². The molecule has 0 spiro atoms. The summed E-state index contributed by atoms with van der Waals surface area (Å²) in [6, 6.07) is 13.7. The molecule has 1 N–H and O–H groups in total. The fourth-order valence-electron chi connectivity index (χ4n) is 2.96. The Balaban J connectivity index is 1.87. The summed E-state index contributed by atoms with van der Waals surface area (Å²) in [5, 5.41) is 2.65. The van der Waals surface area contributed by atoms with Gasteiger partial charge in [-0.25, -0.2) is 0 Å². The number of alkyl halides is 1. The van der Waals surface area contributed by atoms with Crippen LogP contribution in [-0.4, -0.2) is 23.4 Å². The molecule has 0 aliphatic carbocycles. The molecule has 1 saturated heterocycles. The topological polar surface area (TPSA) is 49.4 Å². The Morgan fingerprint density at radius 1 is 1.20 bits per heavy atom. The number of carbonyl (C=O) groups is 2. The van der Waals surface area contributed by atoms with E-state index in [0.29, 0.717) is 11.4 Å². The van der Waals surface area contributed by atoms with Crippen molar-refractivity contribution in [2.24, 2.45) is 0 Å². The average molecular weight is 375 g/mol. The highest BCUT2D eigenvalue weighted by atomic mass is 35.5. The average Bonchev–Trinajstić information content (AvgIpc) is 2.96. The van der Waals surface area contributed by atoms with E-state index in [0.717, 1.165) is 22.4 Å². The van der Waals surface area contributed by atoms with E-state index in [1.54, 1.807) is 11.8 Å². The van der Waals surface area contributed by atoms with Crippen molar-refractivity contribution in [1.82, 2.24) is 0 Å². The Kier molecular flexibility index (Phi) is 5.35. The lowest BCUT2D eigenvalue weighted by Crippen LogP contribution is -2.28. The number of nitrogens with one attached hydrogen (secondary N) is 1. The molecule has 0 radical (unpaired) electrons. The molecule has 1 aliphatic heterocycles. The molecule has 0 aromatic heterocycles. The Labute approximate surface area is 156 Å². The summed E-state index contributed by atoms with van der Waals surface area (Å²) in [6.07, 6.45) is 0. The quantitative estimate of drug-likeness (QED) is 0.813. The molecule has 25 heavy (non-hydrogen) atoms. The number of hydrogen-bond acceptors (Lipinski definition) is 3. The molecular formula is C19H19ClN2O2S. The minimum absolute atomic E-state index is 0.0634. The zero-order valence-electron chi connectivity index (χ0n) is 14.1. The van der Waals surface area contributed by atoms with Crippen LogP contribution in [-0.2, 0) is 9.59 Å². The molecule has 4 nitrogen and oxygen atoms in total. The summed E-state index contributed by atoms with van der Waals surface area (Å²) in [5.74, 6) is 0.258. The van der Waals surface area contributed by atoms with Crippen LogP contribution in [0.25, 0.3) is 0 Å². The highest BCUT2D eigenvalue weighted by Gasteiger charge is 2.34. The normalized spacial score (nSPS) is 17.0. The molecule has 3 rings (SSSR count). The molecule has 2 amide bonds. The number of anilines is 2. The van der Waals surface area contributed by atoms with Crippen molar-refractivity contribution >= 4 is 46.6 Å². The highest BCUT2D eigenvalue weighted by molar-refractivity contribution is 8.00. The molecule has 0 bridgehead atoms. The molecule has 130 valence electrons. The van der Waals surface area contributed by atoms with E-state index in [1.807, 2.05) is 55.1 Å². The van der Waals surface area contributed by atoms with Gasteiger partial charge < -0.3 is 5.32 Å². The summed E-state index contributed by atoms with van der Waals surface area (Å²) >= 11 is 7.12. The van der Waals surface area contributed by atoms with E-state index in [9.17, 15) is 9.59 Å². The zero-order valence-corrected chi connectivity index (χ0v) is 15.7. The fraction of sp³-hybridized carbons (Fsp3) is 0.263. The van der Waals surface area contributed by atoms with Gasteiger partial charge in [0.25, 0.3) is 0 Å². The summed E-state index contributed by atoms with van der Waals surface area (Å²) < 4.78 is 0. The van der Waals surface area contributed by atoms with Gasteiger partial charge in [0.15, 0.2) is 0 Å². The molecule has 2 aromatic carbocycles. The van der Waals surface area contributed by atoms with Gasteiger partial charge >= 0.3 is 0 Å². The first-order valence-corrected chi connectivity index (χ1v) is 9.54. The van der Waals surface area contributed by atoms with Crippen LogP contribution in [0.1, 0.15) is 22.1 Å². The van der Waals surface area contributed by atoms with E-state index in [-0.39, 0.29) is 23.1 Å². The van der Waals surface area contributed by atoms with Crippen molar-refractivity contribution < 1.29 is 9.59 Å². The molecule has 6 heteroatoms. The predicted molar refractivity (Wildman–Crippen MR) is 104 cm³/mol. The van der Waals surface area contributed by atoms with Crippen LogP contribution in [0.5, 0.6) is 0 Å². The standard InChI is InChI=1S/C19H19ClN2O2S/c1-12-7-13(2)9-16(8-12)22-18(24)11-25-19(22)14-3-5-15(6-4-14)21-17(23)10-20/h3-9,19H,10-11H2,1-2H3,(H,21,23). The van der Waals surface area contributed by atoms with Crippen molar-refractivity contribution in [3.8, 4) is 0 Å². The van der Waals surface area contributed by atoms with Crippen LogP contribution >= 0.6 is 23.4 Å². The second kappa shape index (κ2) is 7.50. The number of halogens is 1. The van der Waals surface area contributed by atoms with Crippen LogP contribution in [0.15, 0.2) is 42.5 Å². The number of benzene rings is 2. The smallest absolute Gasteiger partial charge is 0.239 e. The second-order valence-electron chi connectivity index (χ2n) is 6.08. The molecule has 0 saturated carbocycles. The van der Waals surface area contributed by atoms with Gasteiger partial charge in [-0.3, -0.25) is 14.5 Å². The lowest BCUT2D eigenvalue weighted by Gasteiger charge is -2.25. The van der Waals surface area contributed by atoms with Gasteiger partial charge in [-0.1, -0.05) is 18.2 Å². The van der Waals surface area contributed by atoms with Crippen molar-refractivity contribution in [2.75, 3.05) is 21.8 Å². The SMILES string of the molecule is Cc1cc(C)cc(N2C(=O)CSC2c2ccc(NC(=O)CCl)cc2)c1. The van der Waals surface area contributed by atoms with Crippen molar-refractivity contribution in [1.29, 1.82) is 0 Å². The summed E-state index contributed by atoms with van der Waals surface area (Å²) in [4.78, 5) is 25.7. The van der Waals surface area contributed by atoms with Crippen molar-refractivity contribution in [3.63, 3.8) is 0 Å². The van der Waals surface area contributed by atoms with Gasteiger partial charge in [0.1, 0.15) is 11.3 Å². The number of hydrogen-bond donors (Lipinski definition) is 1. The van der Waals surface area contributed by atoms with Crippen LogP contribution in [0, 0.1) is 13.8 Å². The van der Waals surface area contributed by atoms with Gasteiger partial charge in [0.05, 0.1) is 5.75 Å². The number of amides is 2. The summed E-state index contributed by atoms with van der Waals surface area (Å²) in [6.45, 7) is 4.07. The van der Waals surface area contributed by atoms with Gasteiger partial charge in [0.2, 0.25) is 11.8 Å². The number of rotatable bonds is 4. The third-order valence-corrected chi connectivity index (χ3v) is 5.41. The summed E-state index contributed by atoms with van der Waals surface area (Å²) in [5.41, 5.74) is 4.92. The molecule has 1 aliphatic rings. The van der Waals surface area contributed by atoms with E-state index in [1.165, 1.54) is 0 Å². The lowest BCUT2D eigenvalue weighted by atomic mass is 10.1. The number of thioether (sulfide) groups is 1. The minimum Gasteiger partial charge on any atom is -0.325 e. The van der Waals surface area contributed by atoms with E-state index >= 15 is 0 Å². The second-order valence-corrected chi connectivity index (χ2v) is 7.41. The van der Waals surface area contributed by atoms with Crippen molar-refractivity contribution in [2.45, 2.75) is 19.2 Å². The van der Waals surface area contributed by atoms with E-state index in [4.69, 9.17) is 11.6 Å². The van der Waals surface area contributed by atoms with E-state index < -0.39 is 0 Å². The van der Waals surface area contributed by atoms with Gasteiger partial charge in [0, 0.05) is 11.4 Å². The van der Waals surface area contributed by atoms with Crippen LogP contribution in [0.3, 0.4) is 0 Å². The largest absolute Gasteiger partial charge is 0.325 e. The van der Waals surface area contributed by atoms with Crippen molar-refractivity contribution in [3.05, 3.63) is 59.2 Å². The number of carbonyl (C=O) groups excluding carboxylic acids is 2. The monoisotopic (exact) mass is 374 g/mol. The van der Waals surface area contributed by atoms with Gasteiger partial charge in [-0.15, -0.1) is 23.4 Å². The van der Waals surface area contributed by atoms with Crippen LogP contribution in [0.2, 0.25) is 0 Å². The van der Waals surface area contributed by atoms with Gasteiger partial charge in [-0.05, 0) is 54.8 Å². The van der Waals surface area contributed by atoms with Crippen LogP contribution < -0.4 is 10.2 Å². The lowest BCUT2D eigenvalue weighted by molar-refractivity contribution is -0.116. The first kappa shape index (κ1) is 17.8. The summed E-state index contributed by atoms with van der Waals surface area (Å²) in [7, 11) is 0. The molecular weight excluding hydrogens is 356 g/mol. The third kappa shape index (κ3) is 3.99.